The van der Waals surface area contributed by atoms with Crippen molar-refractivity contribution in [3.05, 3.63) is 176 Å². The Balaban J connectivity index is 1.12. The first-order chi connectivity index (χ1) is 26.8. The lowest BCUT2D eigenvalue weighted by Crippen LogP contribution is -1.96. The highest BCUT2D eigenvalue weighted by molar-refractivity contribution is 7.25. The summed E-state index contributed by atoms with van der Waals surface area (Å²) >= 11 is 1.83. The van der Waals surface area contributed by atoms with Crippen LogP contribution in [0.25, 0.3) is 109 Å². The molecule has 5 heteroatoms. The molecule has 0 aliphatic heterocycles. The van der Waals surface area contributed by atoms with Crippen molar-refractivity contribution < 1.29 is 4.42 Å². The first kappa shape index (κ1) is 30.7. The first-order valence-corrected chi connectivity index (χ1v) is 18.8. The molecule has 0 radical (unpaired) electrons. The zero-order chi connectivity index (χ0) is 35.6. The van der Waals surface area contributed by atoms with Crippen LogP contribution < -0.4 is 0 Å². The van der Waals surface area contributed by atoms with Crippen LogP contribution in [0.5, 0.6) is 0 Å². The molecule has 4 heterocycles. The Morgan fingerprint density at radius 3 is 2.06 bits per heavy atom. The summed E-state index contributed by atoms with van der Waals surface area (Å²) in [5, 5.41) is 5.73. The number of hydrogen-bond acceptors (Lipinski definition) is 5. The molecule has 0 atom stereocenters. The molecule has 4 nitrogen and oxygen atoms in total. The van der Waals surface area contributed by atoms with Crippen molar-refractivity contribution in [2.75, 3.05) is 0 Å². The van der Waals surface area contributed by atoms with Gasteiger partial charge >= 0.3 is 0 Å². The number of pyridine rings is 1. The number of aromatic nitrogens is 3. The monoisotopic (exact) mass is 707 g/mol. The molecular formula is C49H29N3OS. The van der Waals surface area contributed by atoms with Crippen LogP contribution in [0.4, 0.5) is 0 Å². The second kappa shape index (κ2) is 12.3. The Hall–Kier alpha value is -6.95. The van der Waals surface area contributed by atoms with E-state index in [1.54, 1.807) is 0 Å². The van der Waals surface area contributed by atoms with Gasteiger partial charge in [-0.2, -0.15) is 0 Å². The van der Waals surface area contributed by atoms with Crippen LogP contribution in [0.15, 0.2) is 180 Å². The predicted octanol–water partition coefficient (Wildman–Crippen LogP) is 13.6. The van der Waals surface area contributed by atoms with Crippen molar-refractivity contribution in [1.29, 1.82) is 0 Å². The summed E-state index contributed by atoms with van der Waals surface area (Å²) in [7, 11) is 0. The number of fused-ring (bicyclic) bond motifs is 7. The van der Waals surface area contributed by atoms with E-state index in [2.05, 4.69) is 157 Å². The molecule has 0 amide bonds. The largest absolute Gasteiger partial charge is 0.455 e. The van der Waals surface area contributed by atoms with Crippen molar-refractivity contribution in [2.45, 2.75) is 0 Å². The Labute approximate surface area is 314 Å². The van der Waals surface area contributed by atoms with Crippen LogP contribution in [0.1, 0.15) is 0 Å². The van der Waals surface area contributed by atoms with E-state index < -0.39 is 0 Å². The van der Waals surface area contributed by atoms with Crippen LogP contribution in [0, 0.1) is 0 Å². The minimum absolute atomic E-state index is 0.661. The van der Waals surface area contributed by atoms with E-state index in [9.17, 15) is 0 Å². The van der Waals surface area contributed by atoms with Crippen LogP contribution >= 0.6 is 11.3 Å². The van der Waals surface area contributed by atoms with E-state index in [1.807, 2.05) is 35.7 Å². The van der Waals surface area contributed by atoms with Crippen molar-refractivity contribution in [2.24, 2.45) is 0 Å². The lowest BCUT2D eigenvalue weighted by molar-refractivity contribution is 0.670. The second-order valence-electron chi connectivity index (χ2n) is 13.5. The van der Waals surface area contributed by atoms with E-state index in [1.165, 1.54) is 20.2 Å². The Morgan fingerprint density at radius 2 is 1.15 bits per heavy atom. The van der Waals surface area contributed by atoms with Gasteiger partial charge in [0.05, 0.1) is 16.9 Å². The molecule has 0 aliphatic rings. The quantitative estimate of drug-likeness (QED) is 0.179. The number of hydrogen-bond donors (Lipinski definition) is 0. The molecule has 11 aromatic rings. The van der Waals surface area contributed by atoms with Crippen molar-refractivity contribution in [1.82, 2.24) is 15.0 Å². The van der Waals surface area contributed by atoms with E-state index in [4.69, 9.17) is 14.4 Å². The average molecular weight is 708 g/mol. The molecule has 0 saturated carbocycles. The lowest BCUT2D eigenvalue weighted by Gasteiger charge is -2.13. The minimum atomic E-state index is 0.661. The standard InChI is InChI=1S/C49H29N3OS/c1-2-11-31(12-3-1)40-29-41(52-49(51-40)33-24-22-30(23-25-33)34-17-8-13-32-14-10-28-50-47(32)34)37-27-26-36(48-46(37)38-15-4-6-19-42(38)53-48)35-18-9-21-44-45(35)39-16-5-7-20-43(39)54-44/h1-29H. The van der Waals surface area contributed by atoms with Crippen molar-refractivity contribution in [3.63, 3.8) is 0 Å². The fourth-order valence-electron chi connectivity index (χ4n) is 7.86. The molecule has 0 aliphatic carbocycles. The third-order valence-corrected chi connectivity index (χ3v) is 11.5. The molecule has 252 valence electrons. The maximum Gasteiger partial charge on any atom is 0.160 e. The molecule has 0 unspecified atom stereocenters. The SMILES string of the molecule is c1ccc(-c2cc(-c3ccc(-c4cccc5sc6ccccc6c45)c4oc5ccccc5c34)nc(-c3ccc(-c4cccc5cccnc45)cc3)n2)cc1. The van der Waals surface area contributed by atoms with Crippen LogP contribution in [-0.4, -0.2) is 15.0 Å². The highest BCUT2D eigenvalue weighted by atomic mass is 32.1. The maximum absolute atomic E-state index is 6.81. The zero-order valence-electron chi connectivity index (χ0n) is 28.9. The Kier molecular flexibility index (Phi) is 7.00. The maximum atomic E-state index is 6.81. The molecule has 7 aromatic carbocycles. The van der Waals surface area contributed by atoms with Gasteiger partial charge in [0.15, 0.2) is 5.82 Å². The average Bonchev–Trinajstić information content (AvgIpc) is 3.83. The molecule has 0 bridgehead atoms. The number of benzene rings is 7. The van der Waals surface area contributed by atoms with Gasteiger partial charge in [-0.25, -0.2) is 9.97 Å². The van der Waals surface area contributed by atoms with Gasteiger partial charge in [-0.1, -0.05) is 133 Å². The summed E-state index contributed by atoms with van der Waals surface area (Å²) in [5.74, 6) is 0.661. The molecule has 0 N–H and O–H groups in total. The molecule has 0 fully saturated rings. The van der Waals surface area contributed by atoms with E-state index >= 15 is 0 Å². The summed E-state index contributed by atoms with van der Waals surface area (Å²) in [6.45, 7) is 0. The summed E-state index contributed by atoms with van der Waals surface area (Å²) < 4.78 is 9.35. The summed E-state index contributed by atoms with van der Waals surface area (Å²) in [5.41, 5.74) is 11.8. The number of thiophene rings is 1. The molecular weight excluding hydrogens is 679 g/mol. The normalized spacial score (nSPS) is 11.7. The summed E-state index contributed by atoms with van der Waals surface area (Å²) in [4.78, 5) is 15.2. The van der Waals surface area contributed by atoms with Gasteiger partial charge in [-0.15, -0.1) is 11.3 Å². The number of para-hydroxylation sites is 2. The van der Waals surface area contributed by atoms with E-state index in [0.29, 0.717) is 5.82 Å². The number of rotatable bonds is 5. The minimum Gasteiger partial charge on any atom is -0.455 e. The van der Waals surface area contributed by atoms with E-state index in [0.717, 1.165) is 83.2 Å². The van der Waals surface area contributed by atoms with Gasteiger partial charge in [0.2, 0.25) is 0 Å². The van der Waals surface area contributed by atoms with Crippen LogP contribution in [0.2, 0.25) is 0 Å². The second-order valence-corrected chi connectivity index (χ2v) is 14.6. The third kappa shape index (κ3) is 4.94. The smallest absolute Gasteiger partial charge is 0.160 e. The van der Waals surface area contributed by atoms with Gasteiger partial charge in [0.25, 0.3) is 0 Å². The lowest BCUT2D eigenvalue weighted by atomic mass is 9.94. The third-order valence-electron chi connectivity index (χ3n) is 10.4. The zero-order valence-corrected chi connectivity index (χ0v) is 29.7. The van der Waals surface area contributed by atoms with Gasteiger partial charge in [0, 0.05) is 70.3 Å². The van der Waals surface area contributed by atoms with Crippen molar-refractivity contribution in [3.8, 4) is 56.2 Å². The van der Waals surface area contributed by atoms with Gasteiger partial charge in [-0.3, -0.25) is 4.98 Å². The van der Waals surface area contributed by atoms with Gasteiger partial charge in [0.1, 0.15) is 11.2 Å². The molecule has 11 rings (SSSR count). The predicted molar refractivity (Wildman–Crippen MR) is 225 cm³/mol. The van der Waals surface area contributed by atoms with Crippen LogP contribution in [-0.2, 0) is 0 Å². The fourth-order valence-corrected chi connectivity index (χ4v) is 8.99. The van der Waals surface area contributed by atoms with Gasteiger partial charge < -0.3 is 4.42 Å². The Morgan fingerprint density at radius 1 is 0.444 bits per heavy atom. The highest BCUT2D eigenvalue weighted by Gasteiger charge is 2.21. The summed E-state index contributed by atoms with van der Waals surface area (Å²) in [6, 6.07) is 59.3. The highest BCUT2D eigenvalue weighted by Crippen LogP contribution is 2.46. The first-order valence-electron chi connectivity index (χ1n) is 18.0. The topological polar surface area (TPSA) is 51.8 Å². The number of nitrogens with zero attached hydrogens (tertiary/aromatic N) is 3. The fraction of sp³-hybridized carbons (Fsp3) is 0. The van der Waals surface area contributed by atoms with Crippen molar-refractivity contribution >= 4 is 64.4 Å². The summed E-state index contributed by atoms with van der Waals surface area (Å²) in [6.07, 6.45) is 1.85. The van der Waals surface area contributed by atoms with Gasteiger partial charge in [-0.05, 0) is 47.5 Å². The molecule has 0 saturated heterocycles. The van der Waals surface area contributed by atoms with Crippen LogP contribution in [0.3, 0.4) is 0 Å². The molecule has 54 heavy (non-hydrogen) atoms. The Bertz CT molecular complexity index is 3210. The number of furan rings is 1. The molecule has 0 spiro atoms. The van der Waals surface area contributed by atoms with E-state index in [-0.39, 0.29) is 0 Å². The molecule has 4 aromatic heterocycles.